The Morgan fingerprint density at radius 2 is 0.841 bits per heavy atom. The second kappa shape index (κ2) is 50.6. The third-order valence-corrected chi connectivity index (χ3v) is 12.1. The first-order valence-corrected chi connectivity index (χ1v) is 27.0. The van der Waals surface area contributed by atoms with Gasteiger partial charge in [0, 0.05) is 6.42 Å². The maximum atomic E-state index is 13.2. The molecule has 6 nitrogen and oxygen atoms in total. The topological polar surface area (TPSA) is 95.9 Å². The molecule has 0 spiro atoms. The van der Waals surface area contributed by atoms with Crippen molar-refractivity contribution in [2.75, 3.05) is 6.61 Å². The Bertz CT molecular complexity index is 1130. The fourth-order valence-electron chi connectivity index (χ4n) is 8.06. The van der Waals surface area contributed by atoms with E-state index >= 15 is 0 Å². The number of nitrogens with one attached hydrogen (secondary N) is 1. The van der Waals surface area contributed by atoms with Gasteiger partial charge in [0.1, 0.15) is 6.10 Å². The van der Waals surface area contributed by atoms with Crippen molar-refractivity contribution in [2.45, 2.75) is 283 Å². The largest absolute Gasteiger partial charge is 0.462 e. The molecule has 0 aromatic rings. The summed E-state index contributed by atoms with van der Waals surface area (Å²) in [5, 5.41) is 23.8. The van der Waals surface area contributed by atoms with Crippen molar-refractivity contribution in [2.24, 2.45) is 0 Å². The van der Waals surface area contributed by atoms with Crippen LogP contribution in [0.3, 0.4) is 0 Å². The van der Waals surface area contributed by atoms with Crippen LogP contribution in [0.25, 0.3) is 0 Å². The van der Waals surface area contributed by atoms with Gasteiger partial charge in [-0.2, -0.15) is 0 Å². The number of esters is 1. The number of aliphatic hydroxyl groups excluding tert-OH is 2. The lowest BCUT2D eigenvalue weighted by molar-refractivity contribution is -0.151. The Kier molecular flexibility index (Phi) is 48.6. The van der Waals surface area contributed by atoms with Gasteiger partial charge < -0.3 is 20.3 Å². The van der Waals surface area contributed by atoms with E-state index in [1.54, 1.807) is 0 Å². The standard InChI is InChI=1S/C57H103NO5/c1-4-7-10-13-16-19-22-25-27-28-29-32-35-38-41-44-47-50-57(62)63-53(48-45-42-39-36-33-30-24-21-18-15-12-9-6-3)51-56(61)58-54(52-59)55(60)49-46-43-40-37-34-31-26-23-20-17-14-11-8-5-2/h7,10,16,19,25,27,29,32,38,41,53-55,59-60H,4-6,8-9,11-15,17-18,20-24,26,28,30-31,33-37,39-40,42-52H2,1-3H3,(H,58,61)/b10-7-,19-16-,27-25-,32-29-,41-38-. The monoisotopic (exact) mass is 882 g/mol. The summed E-state index contributed by atoms with van der Waals surface area (Å²) in [4.78, 5) is 26.2. The van der Waals surface area contributed by atoms with Gasteiger partial charge in [-0.15, -0.1) is 0 Å². The molecule has 63 heavy (non-hydrogen) atoms. The minimum absolute atomic E-state index is 0.0564. The van der Waals surface area contributed by atoms with Crippen LogP contribution in [0.2, 0.25) is 0 Å². The van der Waals surface area contributed by atoms with Crippen molar-refractivity contribution < 1.29 is 24.5 Å². The van der Waals surface area contributed by atoms with Gasteiger partial charge in [0.05, 0.1) is 25.2 Å². The Labute approximate surface area is 390 Å². The molecule has 1 amide bonds. The molecule has 0 rings (SSSR count). The fraction of sp³-hybridized carbons (Fsp3) is 0.789. The molecular formula is C57H103NO5. The molecule has 0 aromatic carbocycles. The molecule has 0 radical (unpaired) electrons. The summed E-state index contributed by atoms with van der Waals surface area (Å²) in [5.41, 5.74) is 0. The second-order valence-electron chi connectivity index (χ2n) is 18.3. The van der Waals surface area contributed by atoms with Crippen LogP contribution in [-0.2, 0) is 14.3 Å². The third-order valence-electron chi connectivity index (χ3n) is 12.1. The minimum Gasteiger partial charge on any atom is -0.462 e. The normalized spacial score (nSPS) is 13.7. The summed E-state index contributed by atoms with van der Waals surface area (Å²) in [7, 11) is 0. The fourth-order valence-corrected chi connectivity index (χ4v) is 8.06. The van der Waals surface area contributed by atoms with E-state index in [0.29, 0.717) is 25.7 Å². The Balaban J connectivity index is 4.63. The molecule has 0 aliphatic rings. The minimum atomic E-state index is -0.797. The van der Waals surface area contributed by atoms with E-state index in [9.17, 15) is 19.8 Å². The molecule has 3 atom stereocenters. The van der Waals surface area contributed by atoms with Gasteiger partial charge in [-0.3, -0.25) is 9.59 Å². The van der Waals surface area contributed by atoms with Crippen LogP contribution < -0.4 is 5.32 Å². The zero-order chi connectivity index (χ0) is 45.9. The first-order chi connectivity index (χ1) is 31.0. The number of unbranched alkanes of at least 4 members (excludes halogenated alkanes) is 26. The molecule has 0 saturated heterocycles. The van der Waals surface area contributed by atoms with E-state index < -0.39 is 18.2 Å². The zero-order valence-corrected chi connectivity index (χ0v) is 41.7. The number of carbonyl (C=O) groups is 2. The molecule has 0 fully saturated rings. The lowest BCUT2D eigenvalue weighted by Gasteiger charge is -2.24. The number of carbonyl (C=O) groups excluding carboxylic acids is 2. The van der Waals surface area contributed by atoms with Crippen LogP contribution in [0.15, 0.2) is 60.8 Å². The van der Waals surface area contributed by atoms with Crippen molar-refractivity contribution >= 4 is 11.9 Å². The Morgan fingerprint density at radius 1 is 0.476 bits per heavy atom. The van der Waals surface area contributed by atoms with Crippen LogP contribution in [-0.4, -0.2) is 46.9 Å². The lowest BCUT2D eigenvalue weighted by Crippen LogP contribution is -2.46. The van der Waals surface area contributed by atoms with Crippen LogP contribution in [0.4, 0.5) is 0 Å². The number of allylic oxidation sites excluding steroid dienone is 10. The van der Waals surface area contributed by atoms with E-state index in [1.807, 2.05) is 0 Å². The van der Waals surface area contributed by atoms with Gasteiger partial charge in [-0.25, -0.2) is 0 Å². The molecule has 0 aromatic heterocycles. The van der Waals surface area contributed by atoms with E-state index in [4.69, 9.17) is 4.74 Å². The van der Waals surface area contributed by atoms with Crippen LogP contribution in [0.1, 0.15) is 265 Å². The molecule has 0 bridgehead atoms. The van der Waals surface area contributed by atoms with Crippen molar-refractivity contribution in [1.29, 1.82) is 0 Å². The quantitative estimate of drug-likeness (QED) is 0.0321. The summed E-state index contributed by atoms with van der Waals surface area (Å²) >= 11 is 0. The lowest BCUT2D eigenvalue weighted by atomic mass is 10.0. The summed E-state index contributed by atoms with van der Waals surface area (Å²) in [6.45, 7) is 6.37. The molecular weight excluding hydrogens is 779 g/mol. The zero-order valence-electron chi connectivity index (χ0n) is 41.7. The second-order valence-corrected chi connectivity index (χ2v) is 18.3. The smallest absolute Gasteiger partial charge is 0.306 e. The Hall–Kier alpha value is -2.44. The molecule has 0 heterocycles. The van der Waals surface area contributed by atoms with Crippen LogP contribution in [0.5, 0.6) is 0 Å². The SMILES string of the molecule is CC/C=C\C/C=C\C/C=C\C/C=C\C/C=C\CCCC(=O)OC(CCCCCCCCCCCCCCC)CC(=O)NC(CO)C(O)CCCCCCCCCCCCCCCC. The summed E-state index contributed by atoms with van der Waals surface area (Å²) < 4.78 is 5.92. The van der Waals surface area contributed by atoms with Gasteiger partial charge in [0.25, 0.3) is 0 Å². The van der Waals surface area contributed by atoms with E-state index in [2.05, 4.69) is 86.8 Å². The summed E-state index contributed by atoms with van der Waals surface area (Å²) in [5.74, 6) is -0.535. The molecule has 3 unspecified atom stereocenters. The van der Waals surface area contributed by atoms with Crippen molar-refractivity contribution in [1.82, 2.24) is 5.32 Å². The molecule has 0 saturated carbocycles. The molecule has 0 aliphatic carbocycles. The van der Waals surface area contributed by atoms with Gasteiger partial charge in [0.2, 0.25) is 5.91 Å². The predicted octanol–water partition coefficient (Wildman–Crippen LogP) is 16.4. The first-order valence-electron chi connectivity index (χ1n) is 27.0. The van der Waals surface area contributed by atoms with Crippen molar-refractivity contribution in [3.63, 3.8) is 0 Å². The number of amides is 1. The van der Waals surface area contributed by atoms with Crippen LogP contribution >= 0.6 is 0 Å². The number of hydrogen-bond acceptors (Lipinski definition) is 5. The van der Waals surface area contributed by atoms with Crippen molar-refractivity contribution in [3.05, 3.63) is 60.8 Å². The average molecular weight is 882 g/mol. The molecule has 3 N–H and O–H groups in total. The number of rotatable bonds is 48. The highest BCUT2D eigenvalue weighted by Crippen LogP contribution is 2.18. The van der Waals surface area contributed by atoms with Crippen LogP contribution in [0, 0.1) is 0 Å². The van der Waals surface area contributed by atoms with Gasteiger partial charge in [-0.05, 0) is 64.2 Å². The molecule has 366 valence electrons. The Morgan fingerprint density at radius 3 is 1.24 bits per heavy atom. The predicted molar refractivity (Wildman–Crippen MR) is 273 cm³/mol. The van der Waals surface area contributed by atoms with Crippen molar-refractivity contribution in [3.8, 4) is 0 Å². The highest BCUT2D eigenvalue weighted by atomic mass is 16.5. The van der Waals surface area contributed by atoms with Gasteiger partial charge in [0.15, 0.2) is 0 Å². The number of ether oxygens (including phenoxy) is 1. The summed E-state index contributed by atoms with van der Waals surface area (Å²) in [6, 6.07) is -0.712. The van der Waals surface area contributed by atoms with E-state index in [1.165, 1.54) is 135 Å². The first kappa shape index (κ1) is 60.6. The summed E-state index contributed by atoms with van der Waals surface area (Å²) in [6.07, 6.45) is 62.8. The highest BCUT2D eigenvalue weighted by molar-refractivity contribution is 5.77. The maximum Gasteiger partial charge on any atom is 0.306 e. The molecule has 6 heteroatoms. The average Bonchev–Trinajstić information content (AvgIpc) is 3.28. The third kappa shape index (κ3) is 45.9. The maximum absolute atomic E-state index is 13.2. The van der Waals surface area contributed by atoms with Gasteiger partial charge in [-0.1, -0.05) is 248 Å². The van der Waals surface area contributed by atoms with E-state index in [-0.39, 0.29) is 24.9 Å². The van der Waals surface area contributed by atoms with Gasteiger partial charge >= 0.3 is 5.97 Å². The highest BCUT2D eigenvalue weighted by Gasteiger charge is 2.24. The van der Waals surface area contributed by atoms with E-state index in [0.717, 1.165) is 77.0 Å². The molecule has 0 aliphatic heterocycles. The number of hydrogen-bond donors (Lipinski definition) is 3. The number of aliphatic hydroxyl groups is 2.